The molecule has 0 aromatic heterocycles. The summed E-state index contributed by atoms with van der Waals surface area (Å²) >= 11 is 0. The van der Waals surface area contributed by atoms with Crippen LogP contribution in [0.4, 0.5) is 4.79 Å². The van der Waals surface area contributed by atoms with Crippen molar-refractivity contribution in [1.29, 1.82) is 0 Å². The van der Waals surface area contributed by atoms with Crippen molar-refractivity contribution in [3.05, 3.63) is 0 Å². The van der Waals surface area contributed by atoms with Crippen LogP contribution < -0.4 is 5.32 Å². The van der Waals surface area contributed by atoms with Crippen LogP contribution in [-0.2, 0) is 4.74 Å². The minimum absolute atomic E-state index is 0.334. The van der Waals surface area contributed by atoms with Gasteiger partial charge in [0.25, 0.3) is 0 Å². The monoisotopic (exact) mass is 280 g/mol. The van der Waals surface area contributed by atoms with Crippen LogP contribution >= 0.6 is 0 Å². The number of rotatable bonds is 1. The van der Waals surface area contributed by atoms with E-state index in [2.05, 4.69) is 10.5 Å². The molecule has 2 N–H and O–H groups in total. The Balaban J connectivity index is 1.81. The first-order chi connectivity index (χ1) is 9.31. The van der Waals surface area contributed by atoms with Gasteiger partial charge in [-0.05, 0) is 64.7 Å². The Morgan fingerprint density at radius 2 is 1.90 bits per heavy atom. The van der Waals surface area contributed by atoms with Crippen molar-refractivity contribution < 1.29 is 14.7 Å². The molecule has 4 aliphatic carbocycles. The lowest BCUT2D eigenvalue weighted by Crippen LogP contribution is -2.66. The van der Waals surface area contributed by atoms with E-state index in [1.807, 2.05) is 20.8 Å². The summed E-state index contributed by atoms with van der Waals surface area (Å²) in [6.07, 6.45) is 4.84. The lowest BCUT2D eigenvalue weighted by Gasteiger charge is -2.56. The van der Waals surface area contributed by atoms with E-state index in [1.54, 1.807) is 0 Å². The van der Waals surface area contributed by atoms with Crippen LogP contribution in [-0.4, -0.2) is 28.2 Å². The van der Waals surface area contributed by atoms with E-state index < -0.39 is 17.2 Å². The zero-order valence-electron chi connectivity index (χ0n) is 12.5. The van der Waals surface area contributed by atoms with E-state index >= 15 is 0 Å². The molecule has 0 aromatic carbocycles. The maximum Gasteiger partial charge on any atom is 0.408 e. The number of alkyl carbamates (subject to hydrolysis) is 1. The third-order valence-corrected chi connectivity index (χ3v) is 4.90. The predicted molar refractivity (Wildman–Crippen MR) is 74.9 cm³/mol. The fourth-order valence-corrected chi connectivity index (χ4v) is 4.63. The van der Waals surface area contributed by atoms with Crippen LogP contribution in [0.15, 0.2) is 5.16 Å². The number of hydrogen-bond donors (Lipinski definition) is 2. The Morgan fingerprint density at radius 3 is 2.40 bits per heavy atom. The zero-order chi connectivity index (χ0) is 14.5. The fraction of sp³-hybridized carbons (Fsp3) is 0.867. The van der Waals surface area contributed by atoms with E-state index in [1.165, 1.54) is 6.42 Å². The highest BCUT2D eigenvalue weighted by Crippen LogP contribution is 2.54. The Kier molecular flexibility index (Phi) is 2.99. The van der Waals surface area contributed by atoms with E-state index in [4.69, 9.17) is 4.74 Å². The molecule has 112 valence electrons. The van der Waals surface area contributed by atoms with Gasteiger partial charge in [0.1, 0.15) is 5.60 Å². The molecule has 5 nitrogen and oxygen atoms in total. The first-order valence-electron chi connectivity index (χ1n) is 7.55. The van der Waals surface area contributed by atoms with E-state index in [9.17, 15) is 10.0 Å². The number of hydrogen-bond acceptors (Lipinski definition) is 4. The van der Waals surface area contributed by atoms with Gasteiger partial charge in [-0.3, -0.25) is 0 Å². The summed E-state index contributed by atoms with van der Waals surface area (Å²) in [5, 5.41) is 16.0. The maximum absolute atomic E-state index is 12.1. The lowest BCUT2D eigenvalue weighted by molar-refractivity contribution is 0.0287. The van der Waals surface area contributed by atoms with Gasteiger partial charge in [-0.25, -0.2) is 4.79 Å². The topological polar surface area (TPSA) is 70.9 Å². The third-order valence-electron chi connectivity index (χ3n) is 4.90. The number of ether oxygens (including phenoxy) is 1. The summed E-state index contributed by atoms with van der Waals surface area (Å²) in [6.45, 7) is 5.56. The summed E-state index contributed by atoms with van der Waals surface area (Å²) in [6, 6.07) is 0. The SMILES string of the molecule is CC(C)(C)OC(=O)NC12CC3CC(CC(C3)/C1=N\O)C2. The molecule has 0 aliphatic heterocycles. The van der Waals surface area contributed by atoms with Gasteiger partial charge in [0.05, 0.1) is 11.3 Å². The molecule has 0 spiro atoms. The molecule has 0 heterocycles. The minimum Gasteiger partial charge on any atom is -0.444 e. The van der Waals surface area contributed by atoms with Gasteiger partial charge in [0, 0.05) is 5.92 Å². The summed E-state index contributed by atoms with van der Waals surface area (Å²) in [4.78, 5) is 12.1. The van der Waals surface area contributed by atoms with Gasteiger partial charge < -0.3 is 15.3 Å². The third kappa shape index (κ3) is 2.27. The first-order valence-corrected chi connectivity index (χ1v) is 7.55. The quantitative estimate of drug-likeness (QED) is 0.573. The average Bonchev–Trinajstić information content (AvgIpc) is 2.23. The molecule has 20 heavy (non-hydrogen) atoms. The van der Waals surface area contributed by atoms with Gasteiger partial charge >= 0.3 is 6.09 Å². The molecule has 0 saturated heterocycles. The van der Waals surface area contributed by atoms with Crippen molar-refractivity contribution in [2.45, 2.75) is 64.0 Å². The number of nitrogens with zero attached hydrogens (tertiary/aromatic N) is 1. The summed E-state index contributed by atoms with van der Waals surface area (Å²) in [5.74, 6) is 1.63. The molecule has 0 radical (unpaired) electrons. The second-order valence-corrected chi connectivity index (χ2v) is 7.74. The average molecular weight is 280 g/mol. The molecule has 4 fully saturated rings. The normalized spacial score (nSPS) is 41.0. The van der Waals surface area contributed by atoms with Crippen LogP contribution in [0.25, 0.3) is 0 Å². The van der Waals surface area contributed by atoms with Crippen molar-refractivity contribution in [3.8, 4) is 0 Å². The Hall–Kier alpha value is -1.26. The van der Waals surface area contributed by atoms with Crippen molar-refractivity contribution >= 4 is 11.8 Å². The van der Waals surface area contributed by atoms with E-state index in [0.29, 0.717) is 17.8 Å². The highest BCUT2D eigenvalue weighted by molar-refractivity contribution is 5.99. The molecule has 4 rings (SSSR count). The molecule has 1 amide bonds. The van der Waals surface area contributed by atoms with Crippen molar-refractivity contribution in [1.82, 2.24) is 5.32 Å². The van der Waals surface area contributed by atoms with E-state index in [-0.39, 0.29) is 0 Å². The molecule has 4 saturated carbocycles. The summed E-state index contributed by atoms with van der Waals surface area (Å²) < 4.78 is 5.38. The lowest BCUT2D eigenvalue weighted by atomic mass is 9.52. The molecular weight excluding hydrogens is 256 g/mol. The number of amides is 1. The number of carbonyl (C=O) groups excluding carboxylic acids is 1. The Bertz CT molecular complexity index is 439. The summed E-state index contributed by atoms with van der Waals surface area (Å²) in [5.41, 5.74) is -0.204. The number of carbonyl (C=O) groups is 1. The van der Waals surface area contributed by atoms with Gasteiger partial charge in [-0.15, -0.1) is 0 Å². The minimum atomic E-state index is -0.511. The van der Waals surface area contributed by atoms with Gasteiger partial charge in [-0.2, -0.15) is 0 Å². The fourth-order valence-electron chi connectivity index (χ4n) is 4.63. The van der Waals surface area contributed by atoms with Crippen molar-refractivity contribution in [2.24, 2.45) is 22.9 Å². The van der Waals surface area contributed by atoms with Crippen LogP contribution in [0.1, 0.15) is 52.9 Å². The van der Waals surface area contributed by atoms with Crippen LogP contribution in [0.3, 0.4) is 0 Å². The number of oxime groups is 1. The molecule has 2 atom stereocenters. The van der Waals surface area contributed by atoms with Gasteiger partial charge in [0.15, 0.2) is 0 Å². The first kappa shape index (κ1) is 13.7. The van der Waals surface area contributed by atoms with Crippen LogP contribution in [0.5, 0.6) is 0 Å². The molecule has 2 unspecified atom stereocenters. The Morgan fingerprint density at radius 1 is 1.30 bits per heavy atom. The van der Waals surface area contributed by atoms with Crippen molar-refractivity contribution in [3.63, 3.8) is 0 Å². The van der Waals surface area contributed by atoms with Gasteiger partial charge in [-0.1, -0.05) is 5.16 Å². The van der Waals surface area contributed by atoms with Crippen LogP contribution in [0, 0.1) is 17.8 Å². The number of nitrogens with one attached hydrogen (secondary N) is 1. The highest BCUT2D eigenvalue weighted by atomic mass is 16.6. The zero-order valence-corrected chi connectivity index (χ0v) is 12.5. The standard InChI is InChI=1S/C15H24N2O3/c1-14(2,3)20-13(18)16-15-7-9-4-10(8-15)6-11(5-9)12(15)17-19/h9-11,19H,4-8H2,1-3H3,(H,16,18)/b17-12+. The smallest absolute Gasteiger partial charge is 0.408 e. The molecular formula is C15H24N2O3. The molecule has 5 heteroatoms. The molecule has 0 aromatic rings. The second-order valence-electron chi connectivity index (χ2n) is 7.74. The van der Waals surface area contributed by atoms with Gasteiger partial charge in [0.2, 0.25) is 0 Å². The largest absolute Gasteiger partial charge is 0.444 e. The van der Waals surface area contributed by atoms with Crippen LogP contribution in [0.2, 0.25) is 0 Å². The predicted octanol–water partition coefficient (Wildman–Crippen LogP) is 2.92. The molecule has 4 aliphatic rings. The van der Waals surface area contributed by atoms with Crippen molar-refractivity contribution in [2.75, 3.05) is 0 Å². The summed E-state index contributed by atoms with van der Waals surface area (Å²) in [7, 11) is 0. The Labute approximate surface area is 119 Å². The highest BCUT2D eigenvalue weighted by Gasteiger charge is 2.56. The maximum atomic E-state index is 12.1. The molecule has 4 bridgehead atoms. The van der Waals surface area contributed by atoms with E-state index in [0.717, 1.165) is 31.4 Å². The second kappa shape index (κ2) is 4.37.